The van der Waals surface area contributed by atoms with Gasteiger partial charge in [-0.1, -0.05) is 28.1 Å². The summed E-state index contributed by atoms with van der Waals surface area (Å²) in [6.45, 7) is 0.367. The molecule has 0 aliphatic carbocycles. The Morgan fingerprint density at radius 1 is 1.16 bits per heavy atom. The van der Waals surface area contributed by atoms with Gasteiger partial charge >= 0.3 is 0 Å². The van der Waals surface area contributed by atoms with Crippen LogP contribution in [-0.2, 0) is 6.54 Å². The lowest BCUT2D eigenvalue weighted by molar-refractivity contribution is 0.278. The lowest BCUT2D eigenvalue weighted by Crippen LogP contribution is -2.24. The van der Waals surface area contributed by atoms with Crippen molar-refractivity contribution in [1.29, 1.82) is 0 Å². The van der Waals surface area contributed by atoms with E-state index in [1.54, 1.807) is 53.1 Å². The van der Waals surface area contributed by atoms with Crippen molar-refractivity contribution < 1.29 is 10.2 Å². The van der Waals surface area contributed by atoms with E-state index in [4.69, 9.17) is 5.11 Å². The molecule has 3 aromatic rings. The number of rotatable bonds is 5. The van der Waals surface area contributed by atoms with Crippen LogP contribution in [0, 0.1) is 0 Å². The van der Waals surface area contributed by atoms with Gasteiger partial charge in [0.1, 0.15) is 11.6 Å². The van der Waals surface area contributed by atoms with E-state index in [9.17, 15) is 9.90 Å². The second-order valence-corrected chi connectivity index (χ2v) is 6.47. The number of nitrogens with zero attached hydrogens (tertiary/aromatic N) is 2. The van der Waals surface area contributed by atoms with Crippen molar-refractivity contribution in [2.45, 2.75) is 13.0 Å². The number of fused-ring (bicyclic) bond motifs is 1. The highest BCUT2D eigenvalue weighted by molar-refractivity contribution is 9.10. The second kappa shape index (κ2) is 7.63. The average Bonchev–Trinajstić information content (AvgIpc) is 2.62. The topological polar surface area (TPSA) is 75.3 Å². The van der Waals surface area contributed by atoms with Gasteiger partial charge in [-0.2, -0.15) is 0 Å². The third kappa shape index (κ3) is 3.81. The van der Waals surface area contributed by atoms with Gasteiger partial charge in [-0.25, -0.2) is 4.98 Å². The van der Waals surface area contributed by atoms with Crippen LogP contribution in [0.3, 0.4) is 0 Å². The van der Waals surface area contributed by atoms with E-state index in [1.807, 2.05) is 6.07 Å². The monoisotopic (exact) mass is 400 g/mol. The molecule has 0 amide bonds. The van der Waals surface area contributed by atoms with E-state index in [-0.39, 0.29) is 17.9 Å². The molecule has 0 aliphatic rings. The molecule has 3 rings (SSSR count). The van der Waals surface area contributed by atoms with Gasteiger partial charge in [-0.05, 0) is 48.9 Å². The molecule has 0 saturated heterocycles. The number of benzene rings is 2. The molecule has 2 N–H and O–H groups in total. The van der Waals surface area contributed by atoms with Crippen molar-refractivity contribution in [1.82, 2.24) is 9.55 Å². The lowest BCUT2D eigenvalue weighted by atomic mass is 10.2. The van der Waals surface area contributed by atoms with Gasteiger partial charge in [0.05, 0.1) is 10.9 Å². The average molecular weight is 401 g/mol. The maximum atomic E-state index is 12.7. The SMILES string of the molecule is O=c1c2ccccc2nc(/C=C/c2cc(Br)ccc2O)n1CCCO. The predicted molar refractivity (Wildman–Crippen MR) is 102 cm³/mol. The van der Waals surface area contributed by atoms with E-state index in [0.717, 1.165) is 4.47 Å². The first-order valence-electron chi connectivity index (χ1n) is 7.87. The van der Waals surface area contributed by atoms with Crippen molar-refractivity contribution in [2.24, 2.45) is 0 Å². The number of aromatic nitrogens is 2. The quantitative estimate of drug-likeness (QED) is 0.687. The number of phenols is 1. The van der Waals surface area contributed by atoms with Crippen LogP contribution in [0.5, 0.6) is 5.75 Å². The van der Waals surface area contributed by atoms with Crippen LogP contribution in [0.1, 0.15) is 17.8 Å². The highest BCUT2D eigenvalue weighted by Crippen LogP contribution is 2.23. The van der Waals surface area contributed by atoms with Gasteiger partial charge in [0.15, 0.2) is 0 Å². The van der Waals surface area contributed by atoms with E-state index < -0.39 is 0 Å². The summed E-state index contributed by atoms with van der Waals surface area (Å²) in [6, 6.07) is 12.3. The van der Waals surface area contributed by atoms with Gasteiger partial charge in [-0.3, -0.25) is 9.36 Å². The van der Waals surface area contributed by atoms with Gasteiger partial charge in [0.25, 0.3) is 5.56 Å². The van der Waals surface area contributed by atoms with Crippen LogP contribution in [-0.4, -0.2) is 26.4 Å². The third-order valence-electron chi connectivity index (χ3n) is 3.83. The molecule has 0 fully saturated rings. The largest absolute Gasteiger partial charge is 0.507 e. The number of aromatic hydroxyl groups is 1. The van der Waals surface area contributed by atoms with Crippen molar-refractivity contribution in [3.63, 3.8) is 0 Å². The first-order chi connectivity index (χ1) is 12.1. The fourth-order valence-corrected chi connectivity index (χ4v) is 2.96. The van der Waals surface area contributed by atoms with Gasteiger partial charge in [0.2, 0.25) is 0 Å². The molecule has 6 heteroatoms. The summed E-state index contributed by atoms with van der Waals surface area (Å²) in [5.41, 5.74) is 1.09. The Balaban J connectivity index is 2.11. The Labute approximate surface area is 153 Å². The molecule has 1 heterocycles. The van der Waals surface area contributed by atoms with Crippen molar-refractivity contribution in [3.8, 4) is 5.75 Å². The number of hydrogen-bond donors (Lipinski definition) is 2. The Bertz CT molecular complexity index is 996. The highest BCUT2D eigenvalue weighted by atomic mass is 79.9. The standard InChI is InChI=1S/C19H17BrN2O3/c20-14-7-8-17(24)13(12-14)6-9-18-21-16-5-2-1-4-15(16)19(25)22(18)10-3-11-23/h1-2,4-9,12,23-24H,3,10-11H2/b9-6+. The van der Waals surface area contributed by atoms with Crippen LogP contribution in [0.15, 0.2) is 51.7 Å². The fourth-order valence-electron chi connectivity index (χ4n) is 2.58. The van der Waals surface area contributed by atoms with Gasteiger partial charge < -0.3 is 10.2 Å². The molecule has 0 atom stereocenters. The maximum absolute atomic E-state index is 12.7. The lowest BCUT2D eigenvalue weighted by Gasteiger charge is -2.10. The Morgan fingerprint density at radius 2 is 1.96 bits per heavy atom. The normalized spacial score (nSPS) is 11.4. The van der Waals surface area contributed by atoms with E-state index in [1.165, 1.54) is 0 Å². The molecular formula is C19H17BrN2O3. The first kappa shape index (κ1) is 17.4. The summed E-state index contributed by atoms with van der Waals surface area (Å²) in [7, 11) is 0. The van der Waals surface area contributed by atoms with Gasteiger partial charge in [-0.15, -0.1) is 0 Å². The third-order valence-corrected chi connectivity index (χ3v) is 4.33. The minimum atomic E-state index is -0.142. The number of halogens is 1. The van der Waals surface area contributed by atoms with Crippen LogP contribution in [0.4, 0.5) is 0 Å². The van der Waals surface area contributed by atoms with Crippen molar-refractivity contribution >= 4 is 39.0 Å². The summed E-state index contributed by atoms with van der Waals surface area (Å²) in [6.07, 6.45) is 3.88. The van der Waals surface area contributed by atoms with E-state index in [2.05, 4.69) is 20.9 Å². The molecule has 128 valence electrons. The molecule has 0 saturated carbocycles. The minimum absolute atomic E-state index is 0.00512. The summed E-state index contributed by atoms with van der Waals surface area (Å²) in [5.74, 6) is 0.626. The smallest absolute Gasteiger partial charge is 0.261 e. The van der Waals surface area contributed by atoms with E-state index >= 15 is 0 Å². The summed E-state index contributed by atoms with van der Waals surface area (Å²) < 4.78 is 2.39. The molecule has 0 spiro atoms. The zero-order valence-corrected chi connectivity index (χ0v) is 15.0. The Hall–Kier alpha value is -2.44. The number of aliphatic hydroxyl groups excluding tert-OH is 1. The summed E-state index contributed by atoms with van der Waals surface area (Å²) in [4.78, 5) is 17.3. The molecule has 2 aromatic carbocycles. The van der Waals surface area contributed by atoms with E-state index in [0.29, 0.717) is 35.3 Å². The Morgan fingerprint density at radius 3 is 2.76 bits per heavy atom. The number of hydrogen-bond acceptors (Lipinski definition) is 4. The zero-order chi connectivity index (χ0) is 17.8. The van der Waals surface area contributed by atoms with Crippen LogP contribution in [0.2, 0.25) is 0 Å². The maximum Gasteiger partial charge on any atom is 0.261 e. The predicted octanol–water partition coefficient (Wildman–Crippen LogP) is 3.42. The van der Waals surface area contributed by atoms with Crippen LogP contribution < -0.4 is 5.56 Å². The second-order valence-electron chi connectivity index (χ2n) is 5.56. The van der Waals surface area contributed by atoms with Crippen LogP contribution in [0.25, 0.3) is 23.1 Å². The number of para-hydroxylation sites is 1. The molecule has 0 radical (unpaired) electrons. The van der Waals surface area contributed by atoms with Crippen LogP contribution >= 0.6 is 15.9 Å². The molecule has 0 bridgehead atoms. The molecule has 5 nitrogen and oxygen atoms in total. The summed E-state index contributed by atoms with van der Waals surface area (Å²) >= 11 is 3.37. The minimum Gasteiger partial charge on any atom is -0.507 e. The van der Waals surface area contributed by atoms with Gasteiger partial charge in [0, 0.05) is 23.2 Å². The molecule has 1 aromatic heterocycles. The fraction of sp³-hybridized carbons (Fsp3) is 0.158. The Kier molecular flexibility index (Phi) is 5.31. The molecule has 0 aliphatic heterocycles. The van der Waals surface area contributed by atoms with Crippen molar-refractivity contribution in [2.75, 3.05) is 6.61 Å². The molecule has 0 unspecified atom stereocenters. The van der Waals surface area contributed by atoms with Crippen molar-refractivity contribution in [3.05, 3.63) is 68.7 Å². The number of aliphatic hydroxyl groups is 1. The first-order valence-corrected chi connectivity index (χ1v) is 8.66. The number of phenolic OH excluding ortho intramolecular Hbond substituents is 1. The summed E-state index contributed by atoms with van der Waals surface area (Å²) in [5, 5.41) is 19.6. The highest BCUT2D eigenvalue weighted by Gasteiger charge is 2.09. The zero-order valence-electron chi connectivity index (χ0n) is 13.4. The molecule has 25 heavy (non-hydrogen) atoms. The molecular weight excluding hydrogens is 384 g/mol.